The Morgan fingerprint density at radius 2 is 2.00 bits per heavy atom. The average Bonchev–Trinajstić information content (AvgIpc) is 2.39. The summed E-state index contributed by atoms with van der Waals surface area (Å²) in [6.45, 7) is 0. The van der Waals surface area contributed by atoms with E-state index in [0.717, 1.165) is 15.7 Å². The summed E-state index contributed by atoms with van der Waals surface area (Å²) in [5, 5.41) is 16.5. The number of benzene rings is 2. The first-order valence-electron chi connectivity index (χ1n) is 5.19. The normalized spacial score (nSPS) is 13.4. The summed E-state index contributed by atoms with van der Waals surface area (Å²) in [7, 11) is 0. The lowest BCUT2D eigenvalue weighted by molar-refractivity contribution is 1.02. The van der Waals surface area contributed by atoms with Crippen molar-refractivity contribution in [1.29, 1.82) is 0 Å². The number of hydrogen-bond donors (Lipinski definition) is 0. The van der Waals surface area contributed by atoms with Crippen molar-refractivity contribution in [2.75, 3.05) is 0 Å². The van der Waals surface area contributed by atoms with Crippen molar-refractivity contribution < 1.29 is 0 Å². The van der Waals surface area contributed by atoms with E-state index >= 15 is 0 Å². The van der Waals surface area contributed by atoms with Gasteiger partial charge in [0.2, 0.25) is 5.82 Å². The van der Waals surface area contributed by atoms with E-state index in [9.17, 15) is 0 Å². The zero-order valence-corrected chi connectivity index (χ0v) is 9.48. The second-order valence-electron chi connectivity index (χ2n) is 3.83. The van der Waals surface area contributed by atoms with E-state index in [2.05, 4.69) is 38.0 Å². The van der Waals surface area contributed by atoms with Crippen molar-refractivity contribution in [3.63, 3.8) is 0 Å². The van der Waals surface area contributed by atoms with Crippen LogP contribution in [0.2, 0.25) is 0 Å². The third-order valence-electron chi connectivity index (χ3n) is 2.87. The highest BCUT2D eigenvalue weighted by Crippen LogP contribution is 2.42. The van der Waals surface area contributed by atoms with E-state index in [4.69, 9.17) is 0 Å². The molecule has 0 unspecified atom stereocenters. The van der Waals surface area contributed by atoms with Crippen LogP contribution >= 0.6 is 11.9 Å². The minimum Gasteiger partial charge on any atom is -0.156 e. The van der Waals surface area contributed by atoms with E-state index in [-0.39, 0.29) is 0 Å². The lowest BCUT2D eigenvalue weighted by Gasteiger charge is -2.11. The van der Waals surface area contributed by atoms with Crippen LogP contribution in [-0.2, 0) is 0 Å². The van der Waals surface area contributed by atoms with E-state index in [1.807, 2.05) is 12.1 Å². The van der Waals surface area contributed by atoms with Gasteiger partial charge in [-0.2, -0.15) is 5.10 Å². The first-order chi connectivity index (χ1) is 8.43. The minimum absolute atomic E-state index is 0.613. The van der Waals surface area contributed by atoms with Gasteiger partial charge in [-0.25, -0.2) is 0 Å². The Balaban J connectivity index is 2.33. The summed E-state index contributed by atoms with van der Waals surface area (Å²) in [5.41, 5.74) is 0. The summed E-state index contributed by atoms with van der Waals surface area (Å²) in [6.07, 6.45) is 1.77. The zero-order valence-electron chi connectivity index (χ0n) is 8.66. The van der Waals surface area contributed by atoms with Gasteiger partial charge in [0, 0.05) is 22.7 Å². The highest BCUT2D eigenvalue weighted by molar-refractivity contribution is 7.98. The molecule has 0 saturated carbocycles. The molecule has 0 amide bonds. The molecule has 4 nitrogen and oxygen atoms in total. The average molecular weight is 238 g/mol. The lowest BCUT2D eigenvalue weighted by Crippen LogP contribution is -1.89. The molecule has 2 aromatic carbocycles. The third-order valence-corrected chi connectivity index (χ3v) is 3.64. The fourth-order valence-electron chi connectivity index (χ4n) is 2.13. The van der Waals surface area contributed by atoms with Crippen LogP contribution < -0.4 is 0 Å². The molecule has 5 heteroatoms. The van der Waals surface area contributed by atoms with Crippen LogP contribution in [0.3, 0.4) is 0 Å². The van der Waals surface area contributed by atoms with Gasteiger partial charge in [0.1, 0.15) is 0 Å². The number of fused-ring (bicyclic) bond motifs is 2. The van der Waals surface area contributed by atoms with Crippen LogP contribution in [0.25, 0.3) is 21.5 Å². The Kier molecular flexibility index (Phi) is 1.73. The Bertz CT molecular complexity index is 782. The number of rotatable bonds is 0. The van der Waals surface area contributed by atoms with E-state index < -0.39 is 0 Å². The van der Waals surface area contributed by atoms with Crippen LogP contribution in [0.15, 0.2) is 51.1 Å². The highest BCUT2D eigenvalue weighted by atomic mass is 32.2. The maximum atomic E-state index is 4.03. The highest BCUT2D eigenvalue weighted by Gasteiger charge is 2.16. The van der Waals surface area contributed by atoms with Gasteiger partial charge in [0.25, 0.3) is 0 Å². The zero-order chi connectivity index (χ0) is 11.2. The Labute approximate surface area is 101 Å². The fraction of sp³-hybridized carbons (Fsp3) is 0. The molecule has 0 saturated heterocycles. The summed E-state index contributed by atoms with van der Waals surface area (Å²) in [5.74, 6) is 0.613. The molecular weight excluding hydrogens is 232 g/mol. The summed E-state index contributed by atoms with van der Waals surface area (Å²) < 4.78 is 4.03. The lowest BCUT2D eigenvalue weighted by atomic mass is 10.1. The molecule has 1 aromatic heterocycles. The molecule has 17 heavy (non-hydrogen) atoms. The van der Waals surface area contributed by atoms with Gasteiger partial charge in [-0.15, -0.1) is 14.7 Å². The van der Waals surface area contributed by atoms with Crippen molar-refractivity contribution in [3.05, 3.63) is 36.5 Å². The third kappa shape index (κ3) is 1.20. The van der Waals surface area contributed by atoms with Gasteiger partial charge in [-0.05, 0) is 16.8 Å². The molecule has 1 aliphatic rings. The van der Waals surface area contributed by atoms with Crippen LogP contribution in [0.1, 0.15) is 0 Å². The van der Waals surface area contributed by atoms with E-state index in [1.165, 1.54) is 22.7 Å². The van der Waals surface area contributed by atoms with Crippen LogP contribution in [0.4, 0.5) is 5.82 Å². The Hall–Kier alpha value is -2.01. The fourth-order valence-corrected chi connectivity index (χ4v) is 2.91. The molecule has 2 heterocycles. The monoisotopic (exact) mass is 238 g/mol. The number of hydrogen-bond acceptors (Lipinski definition) is 5. The molecule has 0 fully saturated rings. The van der Waals surface area contributed by atoms with Crippen molar-refractivity contribution in [2.45, 2.75) is 4.90 Å². The van der Waals surface area contributed by atoms with Crippen molar-refractivity contribution in [2.24, 2.45) is 9.63 Å². The largest absolute Gasteiger partial charge is 0.206 e. The Morgan fingerprint density at radius 1 is 1.06 bits per heavy atom. The molecular formula is C12H6N4S. The number of aromatic nitrogens is 2. The molecule has 0 spiro atoms. The molecule has 80 valence electrons. The second kappa shape index (κ2) is 3.24. The first kappa shape index (κ1) is 9.07. The second-order valence-corrected chi connectivity index (χ2v) is 4.59. The summed E-state index contributed by atoms with van der Waals surface area (Å²) in [4.78, 5) is 1.12. The van der Waals surface area contributed by atoms with Crippen molar-refractivity contribution >= 4 is 39.3 Å². The molecule has 0 bridgehead atoms. The first-order valence-corrected chi connectivity index (χ1v) is 5.96. The van der Waals surface area contributed by atoms with Gasteiger partial charge >= 0.3 is 0 Å². The molecule has 0 atom stereocenters. The maximum Gasteiger partial charge on any atom is 0.206 e. The van der Waals surface area contributed by atoms with Crippen LogP contribution in [0, 0.1) is 0 Å². The van der Waals surface area contributed by atoms with Gasteiger partial charge in [0.05, 0.1) is 11.1 Å². The quantitative estimate of drug-likeness (QED) is 0.441. The molecule has 3 aromatic rings. The molecule has 1 aliphatic heterocycles. The van der Waals surface area contributed by atoms with Crippen molar-refractivity contribution in [1.82, 2.24) is 10.2 Å². The summed E-state index contributed by atoms with van der Waals surface area (Å²) in [6, 6.07) is 10.4. The standard InChI is InChI=1S/C12H6N4S/c1-2-4-9-7(3-1)5-8-6-13-14-12-10(8)11(9)17-16-15-12/h1-6H. The molecule has 4 rings (SSSR count). The predicted octanol–water partition coefficient (Wildman–Crippen LogP) is 3.89. The van der Waals surface area contributed by atoms with Gasteiger partial charge in [0.15, 0.2) is 0 Å². The Morgan fingerprint density at radius 3 is 3.00 bits per heavy atom. The smallest absolute Gasteiger partial charge is 0.156 e. The predicted molar refractivity (Wildman–Crippen MR) is 67.4 cm³/mol. The van der Waals surface area contributed by atoms with Gasteiger partial charge < -0.3 is 0 Å². The van der Waals surface area contributed by atoms with Crippen molar-refractivity contribution in [3.8, 4) is 0 Å². The van der Waals surface area contributed by atoms with E-state index in [0.29, 0.717) is 5.82 Å². The molecule has 0 radical (unpaired) electrons. The van der Waals surface area contributed by atoms with E-state index in [1.54, 1.807) is 6.20 Å². The topological polar surface area (TPSA) is 50.5 Å². The summed E-state index contributed by atoms with van der Waals surface area (Å²) >= 11 is 1.40. The molecule has 0 aliphatic carbocycles. The molecule has 0 N–H and O–H groups in total. The maximum absolute atomic E-state index is 4.03. The SMILES string of the molecule is c1ccc2c3c4c(nncc4cc2c1)N=NS3. The van der Waals surface area contributed by atoms with Crippen LogP contribution in [-0.4, -0.2) is 10.2 Å². The minimum atomic E-state index is 0.613. The van der Waals surface area contributed by atoms with Gasteiger partial charge in [-0.3, -0.25) is 0 Å². The van der Waals surface area contributed by atoms with Gasteiger partial charge in [-0.1, -0.05) is 24.3 Å². The van der Waals surface area contributed by atoms with Crippen LogP contribution in [0.5, 0.6) is 0 Å². The number of nitrogens with zero attached hydrogens (tertiary/aromatic N) is 4.